The predicted octanol–water partition coefficient (Wildman–Crippen LogP) is -1.18. The fourth-order valence-corrected chi connectivity index (χ4v) is 2.36. The summed E-state index contributed by atoms with van der Waals surface area (Å²) >= 11 is 0. The summed E-state index contributed by atoms with van der Waals surface area (Å²) in [7, 11) is 0. The second-order valence-corrected chi connectivity index (χ2v) is 4.49. The lowest BCUT2D eigenvalue weighted by Crippen LogP contribution is -2.33. The van der Waals surface area contributed by atoms with Crippen molar-refractivity contribution in [3.8, 4) is 12.3 Å². The van der Waals surface area contributed by atoms with Crippen LogP contribution in [0, 0.1) is 18.3 Å². The lowest BCUT2D eigenvalue weighted by molar-refractivity contribution is 0.0906. The number of aromatic amines is 1. The highest BCUT2D eigenvalue weighted by atomic mass is 16.3. The molecule has 96 valence electrons. The summed E-state index contributed by atoms with van der Waals surface area (Å²) in [5.41, 5.74) is -1.05. The highest BCUT2D eigenvalue weighted by molar-refractivity contribution is 5.26. The van der Waals surface area contributed by atoms with E-state index in [9.17, 15) is 14.7 Å². The Labute approximate surface area is 103 Å². The van der Waals surface area contributed by atoms with Gasteiger partial charge in [0.05, 0.1) is 6.10 Å². The van der Waals surface area contributed by atoms with E-state index in [-0.39, 0.29) is 24.1 Å². The van der Waals surface area contributed by atoms with Crippen LogP contribution in [0.25, 0.3) is 0 Å². The smallest absolute Gasteiger partial charge is 0.328 e. The fourth-order valence-electron chi connectivity index (χ4n) is 2.36. The molecule has 1 fully saturated rings. The van der Waals surface area contributed by atoms with Gasteiger partial charge in [0.25, 0.3) is 5.56 Å². The zero-order valence-electron chi connectivity index (χ0n) is 9.67. The van der Waals surface area contributed by atoms with Crippen LogP contribution in [0.4, 0.5) is 0 Å². The van der Waals surface area contributed by atoms with Crippen LogP contribution in [0.2, 0.25) is 0 Å². The molecule has 3 N–H and O–H groups in total. The molecule has 6 heteroatoms. The van der Waals surface area contributed by atoms with Crippen LogP contribution in [-0.2, 0) is 0 Å². The van der Waals surface area contributed by atoms with Crippen molar-refractivity contribution in [3.63, 3.8) is 0 Å². The molecule has 1 aromatic heterocycles. The van der Waals surface area contributed by atoms with Crippen LogP contribution >= 0.6 is 0 Å². The third kappa shape index (κ3) is 2.10. The molecule has 1 aliphatic carbocycles. The summed E-state index contributed by atoms with van der Waals surface area (Å²) in [5, 5.41) is 18.8. The van der Waals surface area contributed by atoms with Gasteiger partial charge in [0.2, 0.25) is 0 Å². The molecule has 0 aromatic carbocycles. The number of aromatic nitrogens is 2. The number of terminal acetylenes is 1. The van der Waals surface area contributed by atoms with Crippen LogP contribution in [0.5, 0.6) is 0 Å². The number of hydrogen-bond acceptors (Lipinski definition) is 4. The highest BCUT2D eigenvalue weighted by Crippen LogP contribution is 2.33. The molecule has 0 unspecified atom stereocenters. The maximum Gasteiger partial charge on any atom is 0.328 e. The quantitative estimate of drug-likeness (QED) is 0.576. The molecule has 18 heavy (non-hydrogen) atoms. The molecule has 1 heterocycles. The lowest BCUT2D eigenvalue weighted by atomic mass is 10.1. The van der Waals surface area contributed by atoms with Gasteiger partial charge in [0.15, 0.2) is 0 Å². The number of rotatable bonds is 2. The first-order valence-corrected chi connectivity index (χ1v) is 5.67. The molecule has 2 rings (SSSR count). The zero-order chi connectivity index (χ0) is 13.3. The van der Waals surface area contributed by atoms with Gasteiger partial charge in [0, 0.05) is 24.8 Å². The first-order chi connectivity index (χ1) is 8.56. The summed E-state index contributed by atoms with van der Waals surface area (Å²) in [6.45, 7) is -0.127. The highest BCUT2D eigenvalue weighted by Gasteiger charge is 2.34. The number of H-pyrrole nitrogens is 1. The van der Waals surface area contributed by atoms with Crippen LogP contribution in [0.3, 0.4) is 0 Å². The van der Waals surface area contributed by atoms with E-state index in [1.165, 1.54) is 10.8 Å². The second-order valence-electron chi connectivity index (χ2n) is 4.49. The Kier molecular flexibility index (Phi) is 3.36. The third-order valence-electron chi connectivity index (χ3n) is 3.38. The largest absolute Gasteiger partial charge is 0.396 e. The van der Waals surface area contributed by atoms with E-state index in [2.05, 4.69) is 10.9 Å². The monoisotopic (exact) mass is 250 g/mol. The topological polar surface area (TPSA) is 95.3 Å². The Balaban J connectivity index is 2.39. The molecule has 1 saturated carbocycles. The van der Waals surface area contributed by atoms with Crippen LogP contribution in [0.1, 0.15) is 24.4 Å². The molecule has 0 spiro atoms. The van der Waals surface area contributed by atoms with Gasteiger partial charge in [-0.3, -0.25) is 14.3 Å². The van der Waals surface area contributed by atoms with E-state index < -0.39 is 17.4 Å². The van der Waals surface area contributed by atoms with Gasteiger partial charge in [-0.2, -0.15) is 0 Å². The Morgan fingerprint density at radius 1 is 1.50 bits per heavy atom. The van der Waals surface area contributed by atoms with Gasteiger partial charge in [0.1, 0.15) is 5.56 Å². The molecule has 0 aliphatic heterocycles. The number of nitrogens with one attached hydrogen (secondary N) is 1. The molecule has 0 radical (unpaired) electrons. The van der Waals surface area contributed by atoms with E-state index in [0.717, 1.165) is 0 Å². The van der Waals surface area contributed by atoms with Gasteiger partial charge >= 0.3 is 5.69 Å². The van der Waals surface area contributed by atoms with Crippen molar-refractivity contribution in [2.75, 3.05) is 6.61 Å². The Hall–Kier alpha value is -1.84. The summed E-state index contributed by atoms with van der Waals surface area (Å²) in [4.78, 5) is 25.2. The zero-order valence-corrected chi connectivity index (χ0v) is 9.67. The van der Waals surface area contributed by atoms with Gasteiger partial charge in [-0.25, -0.2) is 4.79 Å². The van der Waals surface area contributed by atoms with Crippen molar-refractivity contribution in [3.05, 3.63) is 32.6 Å². The first-order valence-electron chi connectivity index (χ1n) is 5.67. The SMILES string of the molecule is C#Cc1cn([C@H]2C[C@@H](CO)[C@H](O)C2)c(=O)[nH]c1=O. The Morgan fingerprint density at radius 3 is 2.78 bits per heavy atom. The fraction of sp³-hybridized carbons (Fsp3) is 0.500. The van der Waals surface area contributed by atoms with E-state index in [0.29, 0.717) is 12.8 Å². The molecule has 0 saturated heterocycles. The van der Waals surface area contributed by atoms with Crippen LogP contribution in [-0.4, -0.2) is 32.5 Å². The van der Waals surface area contributed by atoms with Crippen molar-refractivity contribution in [2.24, 2.45) is 5.92 Å². The first kappa shape index (κ1) is 12.6. The maximum absolute atomic E-state index is 11.7. The molecule has 0 bridgehead atoms. The van der Waals surface area contributed by atoms with Crippen molar-refractivity contribution < 1.29 is 10.2 Å². The minimum Gasteiger partial charge on any atom is -0.396 e. The molecule has 3 atom stereocenters. The molecule has 1 aliphatic rings. The van der Waals surface area contributed by atoms with E-state index in [4.69, 9.17) is 11.5 Å². The maximum atomic E-state index is 11.7. The minimum absolute atomic E-state index is 0.0801. The predicted molar refractivity (Wildman–Crippen MR) is 64.1 cm³/mol. The number of nitrogens with zero attached hydrogens (tertiary/aromatic N) is 1. The van der Waals surface area contributed by atoms with Crippen LogP contribution in [0.15, 0.2) is 15.8 Å². The van der Waals surface area contributed by atoms with Crippen molar-refractivity contribution in [1.29, 1.82) is 0 Å². The average Bonchev–Trinajstić information content (AvgIpc) is 2.70. The molecule has 0 amide bonds. The van der Waals surface area contributed by atoms with Crippen molar-refractivity contribution in [2.45, 2.75) is 25.0 Å². The molecule has 6 nitrogen and oxygen atoms in total. The number of aliphatic hydroxyl groups excluding tert-OH is 2. The minimum atomic E-state index is -0.645. The van der Waals surface area contributed by atoms with Crippen molar-refractivity contribution >= 4 is 0 Å². The van der Waals surface area contributed by atoms with Gasteiger partial charge in [-0.05, 0) is 12.8 Å². The van der Waals surface area contributed by atoms with Gasteiger partial charge in [-0.15, -0.1) is 6.42 Å². The van der Waals surface area contributed by atoms with Crippen molar-refractivity contribution in [1.82, 2.24) is 9.55 Å². The normalized spacial score (nSPS) is 27.1. The van der Waals surface area contributed by atoms with E-state index in [1.54, 1.807) is 0 Å². The van der Waals surface area contributed by atoms with E-state index >= 15 is 0 Å². The summed E-state index contributed by atoms with van der Waals surface area (Å²) in [6.07, 6.45) is 6.70. The third-order valence-corrected chi connectivity index (χ3v) is 3.38. The Morgan fingerprint density at radius 2 is 2.22 bits per heavy atom. The Bertz CT molecular complexity index is 595. The molecule has 1 aromatic rings. The molecular formula is C12H14N2O4. The summed E-state index contributed by atoms with van der Waals surface area (Å²) in [5.74, 6) is 1.96. The number of aliphatic hydroxyl groups is 2. The lowest BCUT2D eigenvalue weighted by Gasteiger charge is -2.13. The number of hydrogen-bond donors (Lipinski definition) is 3. The van der Waals surface area contributed by atoms with Gasteiger partial charge < -0.3 is 10.2 Å². The van der Waals surface area contributed by atoms with Gasteiger partial charge in [-0.1, -0.05) is 5.92 Å². The summed E-state index contributed by atoms with van der Waals surface area (Å²) < 4.78 is 1.33. The second kappa shape index (κ2) is 4.80. The van der Waals surface area contributed by atoms with E-state index in [1.807, 2.05) is 0 Å². The average molecular weight is 250 g/mol. The van der Waals surface area contributed by atoms with Crippen LogP contribution < -0.4 is 11.2 Å². The molecular weight excluding hydrogens is 236 g/mol. The standard InChI is InChI=1S/C12H14N2O4/c1-2-7-5-14(12(18)13-11(7)17)9-3-8(6-15)10(16)4-9/h1,5,8-10,15-16H,3-4,6H2,(H,13,17,18)/t8-,9-,10+/m0/s1. The summed E-state index contributed by atoms with van der Waals surface area (Å²) in [6, 6.07) is -0.256.